The van der Waals surface area contributed by atoms with E-state index in [1.165, 1.54) is 0 Å². The zero-order valence-electron chi connectivity index (χ0n) is 10.7. The van der Waals surface area contributed by atoms with Crippen LogP contribution in [0.5, 0.6) is 0 Å². The molecule has 0 amide bonds. The molecule has 1 fully saturated rings. The lowest BCUT2D eigenvalue weighted by atomic mass is 10.2. The number of rotatable bonds is 8. The van der Waals surface area contributed by atoms with Gasteiger partial charge in [-0.05, 0) is 32.9 Å². The van der Waals surface area contributed by atoms with E-state index in [-0.39, 0.29) is 12.5 Å². The Bertz CT molecular complexity index is 218. The molecule has 0 aliphatic carbocycles. The predicted molar refractivity (Wildman–Crippen MR) is 66.2 cm³/mol. The Morgan fingerprint density at radius 2 is 2.18 bits per heavy atom. The van der Waals surface area contributed by atoms with Crippen molar-refractivity contribution in [2.75, 3.05) is 39.4 Å². The van der Waals surface area contributed by atoms with Gasteiger partial charge in [0.2, 0.25) is 0 Å². The summed E-state index contributed by atoms with van der Waals surface area (Å²) in [5.74, 6) is -0.716. The minimum absolute atomic E-state index is 0.248. The Labute approximate surface area is 103 Å². The summed E-state index contributed by atoms with van der Waals surface area (Å²) in [6, 6.07) is 0.288. The van der Waals surface area contributed by atoms with Gasteiger partial charge in [0, 0.05) is 25.6 Å². The zero-order valence-corrected chi connectivity index (χ0v) is 10.7. The van der Waals surface area contributed by atoms with Gasteiger partial charge in [-0.1, -0.05) is 0 Å². The third kappa shape index (κ3) is 7.31. The van der Waals surface area contributed by atoms with Crippen LogP contribution in [0.1, 0.15) is 26.2 Å². The fourth-order valence-electron chi connectivity index (χ4n) is 1.92. The first-order chi connectivity index (χ1) is 8.18. The normalized spacial score (nSPS) is 19.1. The summed E-state index contributed by atoms with van der Waals surface area (Å²) in [6.07, 6.45) is 2.06. The van der Waals surface area contributed by atoms with Gasteiger partial charge in [0.15, 0.2) is 0 Å². The highest BCUT2D eigenvalue weighted by Crippen LogP contribution is 1.99. The number of morpholine rings is 1. The highest BCUT2D eigenvalue weighted by atomic mass is 16.5. The molecule has 1 aliphatic heterocycles. The fraction of sp³-hybridized carbons (Fsp3) is 0.917. The number of carboxylic acid groups (broad SMARTS) is 1. The number of hydrogen-bond donors (Lipinski definition) is 2. The van der Waals surface area contributed by atoms with Crippen molar-refractivity contribution in [1.82, 2.24) is 10.2 Å². The standard InChI is InChI=1S/C12H24N2O3/c1-11(3-4-12(15)16)13-5-2-6-14-7-9-17-10-8-14/h11,13H,2-10H2,1H3,(H,15,16). The van der Waals surface area contributed by atoms with Gasteiger partial charge in [-0.15, -0.1) is 0 Å². The van der Waals surface area contributed by atoms with Crippen molar-refractivity contribution < 1.29 is 14.6 Å². The van der Waals surface area contributed by atoms with Crippen LogP contribution in [-0.4, -0.2) is 61.4 Å². The number of carbonyl (C=O) groups is 1. The van der Waals surface area contributed by atoms with Gasteiger partial charge in [0.25, 0.3) is 0 Å². The highest BCUT2D eigenvalue weighted by molar-refractivity contribution is 5.66. The van der Waals surface area contributed by atoms with Gasteiger partial charge >= 0.3 is 5.97 Å². The molecule has 0 bridgehead atoms. The maximum Gasteiger partial charge on any atom is 0.303 e. The molecule has 2 N–H and O–H groups in total. The summed E-state index contributed by atoms with van der Waals surface area (Å²) in [5, 5.41) is 11.9. The Kier molecular flexibility index (Phi) is 7.16. The number of aliphatic carboxylic acids is 1. The van der Waals surface area contributed by atoms with Crippen LogP contribution in [0, 0.1) is 0 Å². The van der Waals surface area contributed by atoms with Crippen LogP contribution in [-0.2, 0) is 9.53 Å². The maximum absolute atomic E-state index is 10.4. The van der Waals surface area contributed by atoms with Crippen molar-refractivity contribution >= 4 is 5.97 Å². The lowest BCUT2D eigenvalue weighted by Crippen LogP contribution is -2.38. The molecule has 5 heteroatoms. The molecular weight excluding hydrogens is 220 g/mol. The monoisotopic (exact) mass is 244 g/mol. The average Bonchev–Trinajstić information content (AvgIpc) is 2.33. The molecule has 0 saturated carbocycles. The molecule has 100 valence electrons. The van der Waals surface area contributed by atoms with Gasteiger partial charge in [0.1, 0.15) is 0 Å². The van der Waals surface area contributed by atoms with Crippen LogP contribution in [0.25, 0.3) is 0 Å². The largest absolute Gasteiger partial charge is 0.481 e. The topological polar surface area (TPSA) is 61.8 Å². The van der Waals surface area contributed by atoms with Crippen molar-refractivity contribution in [3.05, 3.63) is 0 Å². The average molecular weight is 244 g/mol. The van der Waals surface area contributed by atoms with E-state index in [4.69, 9.17) is 9.84 Å². The molecule has 1 unspecified atom stereocenters. The Balaban J connectivity index is 1.93. The molecule has 17 heavy (non-hydrogen) atoms. The zero-order chi connectivity index (χ0) is 12.5. The number of carboxylic acids is 1. The summed E-state index contributed by atoms with van der Waals surface area (Å²) in [4.78, 5) is 12.8. The van der Waals surface area contributed by atoms with Crippen LogP contribution in [0.15, 0.2) is 0 Å². The molecular formula is C12H24N2O3. The first kappa shape index (κ1) is 14.4. The Morgan fingerprint density at radius 3 is 2.82 bits per heavy atom. The highest BCUT2D eigenvalue weighted by Gasteiger charge is 2.09. The van der Waals surface area contributed by atoms with Gasteiger partial charge in [0.05, 0.1) is 13.2 Å². The van der Waals surface area contributed by atoms with Crippen molar-refractivity contribution in [3.63, 3.8) is 0 Å². The molecule has 1 saturated heterocycles. The van der Waals surface area contributed by atoms with E-state index in [9.17, 15) is 4.79 Å². The van der Waals surface area contributed by atoms with Crippen LogP contribution in [0.2, 0.25) is 0 Å². The molecule has 0 aromatic carbocycles. The summed E-state index contributed by atoms with van der Waals surface area (Å²) >= 11 is 0. The van der Waals surface area contributed by atoms with E-state index in [2.05, 4.69) is 10.2 Å². The molecule has 0 spiro atoms. The van der Waals surface area contributed by atoms with Gasteiger partial charge in [-0.25, -0.2) is 0 Å². The molecule has 1 rings (SSSR count). The first-order valence-corrected chi connectivity index (χ1v) is 6.44. The summed E-state index contributed by atoms with van der Waals surface area (Å²) in [6.45, 7) is 7.87. The third-order valence-electron chi connectivity index (χ3n) is 3.04. The minimum atomic E-state index is -0.716. The molecule has 1 heterocycles. The second kappa shape index (κ2) is 8.44. The number of ether oxygens (including phenoxy) is 1. The van der Waals surface area contributed by atoms with E-state index >= 15 is 0 Å². The van der Waals surface area contributed by atoms with E-state index in [0.717, 1.165) is 45.8 Å². The smallest absolute Gasteiger partial charge is 0.303 e. The SMILES string of the molecule is CC(CCC(=O)O)NCCCN1CCOCC1. The number of hydrogen-bond acceptors (Lipinski definition) is 4. The van der Waals surface area contributed by atoms with Crippen molar-refractivity contribution in [1.29, 1.82) is 0 Å². The second-order valence-electron chi connectivity index (χ2n) is 4.60. The van der Waals surface area contributed by atoms with E-state index < -0.39 is 5.97 Å². The molecule has 1 atom stereocenters. The predicted octanol–water partition coefficient (Wildman–Crippen LogP) is 0.552. The molecule has 1 aliphatic rings. The third-order valence-corrected chi connectivity index (χ3v) is 3.04. The minimum Gasteiger partial charge on any atom is -0.481 e. The van der Waals surface area contributed by atoms with E-state index in [0.29, 0.717) is 6.42 Å². The Hall–Kier alpha value is -0.650. The van der Waals surface area contributed by atoms with E-state index in [1.54, 1.807) is 0 Å². The first-order valence-electron chi connectivity index (χ1n) is 6.44. The fourth-order valence-corrected chi connectivity index (χ4v) is 1.92. The lowest BCUT2D eigenvalue weighted by Gasteiger charge is -2.26. The van der Waals surface area contributed by atoms with Crippen molar-refractivity contribution in [2.24, 2.45) is 0 Å². The van der Waals surface area contributed by atoms with Gasteiger partial charge < -0.3 is 15.2 Å². The van der Waals surface area contributed by atoms with E-state index in [1.807, 2.05) is 6.92 Å². The van der Waals surface area contributed by atoms with Crippen LogP contribution < -0.4 is 5.32 Å². The van der Waals surface area contributed by atoms with Crippen LogP contribution in [0.3, 0.4) is 0 Å². The lowest BCUT2D eigenvalue weighted by molar-refractivity contribution is -0.137. The molecule has 5 nitrogen and oxygen atoms in total. The number of nitrogens with one attached hydrogen (secondary N) is 1. The maximum atomic E-state index is 10.4. The quantitative estimate of drug-likeness (QED) is 0.611. The molecule has 0 aromatic rings. The second-order valence-corrected chi connectivity index (χ2v) is 4.60. The van der Waals surface area contributed by atoms with Crippen LogP contribution in [0.4, 0.5) is 0 Å². The van der Waals surface area contributed by atoms with Crippen LogP contribution >= 0.6 is 0 Å². The summed E-state index contributed by atoms with van der Waals surface area (Å²) < 4.78 is 5.29. The Morgan fingerprint density at radius 1 is 1.47 bits per heavy atom. The summed E-state index contributed by atoms with van der Waals surface area (Å²) in [7, 11) is 0. The number of nitrogens with zero attached hydrogens (tertiary/aromatic N) is 1. The molecule has 0 radical (unpaired) electrons. The van der Waals surface area contributed by atoms with Crippen molar-refractivity contribution in [2.45, 2.75) is 32.2 Å². The van der Waals surface area contributed by atoms with Crippen molar-refractivity contribution in [3.8, 4) is 0 Å². The molecule has 0 aromatic heterocycles. The van der Waals surface area contributed by atoms with Gasteiger partial charge in [-0.2, -0.15) is 0 Å². The summed E-state index contributed by atoms with van der Waals surface area (Å²) in [5.41, 5.74) is 0. The van der Waals surface area contributed by atoms with Gasteiger partial charge in [-0.3, -0.25) is 9.69 Å².